The maximum atomic E-state index is 14.2. The van der Waals surface area contributed by atoms with Crippen molar-refractivity contribution < 1.29 is 18.3 Å². The van der Waals surface area contributed by atoms with Gasteiger partial charge >= 0.3 is 0 Å². The first-order valence-electron chi connectivity index (χ1n) is 10.3. The lowest BCUT2D eigenvalue weighted by Gasteiger charge is -2.33. The molecule has 0 aliphatic heterocycles. The first-order valence-corrected chi connectivity index (χ1v) is 10.3. The number of rotatable bonds is 4. The normalized spacial score (nSPS) is 23.4. The summed E-state index contributed by atoms with van der Waals surface area (Å²) in [4.78, 5) is 4.23. The molecule has 2 heterocycles. The minimum atomic E-state index is -1.40. The number of pyridine rings is 1. The molecule has 3 aromatic rings. The summed E-state index contributed by atoms with van der Waals surface area (Å²) in [5.74, 6) is -3.24. The first-order chi connectivity index (χ1) is 14.0. The summed E-state index contributed by atoms with van der Waals surface area (Å²) in [5.41, 5.74) is 3.31. The van der Waals surface area contributed by atoms with Crippen molar-refractivity contribution in [2.45, 2.75) is 56.5 Å². The van der Waals surface area contributed by atoms with E-state index in [4.69, 9.17) is 0 Å². The number of nitrogens with zero attached hydrogens (tertiary/aromatic N) is 2. The average molecular weight is 400 g/mol. The summed E-state index contributed by atoms with van der Waals surface area (Å²) in [6.07, 6.45) is 7.89. The predicted octanol–water partition coefficient (Wildman–Crippen LogP) is 5.64. The van der Waals surface area contributed by atoms with Crippen molar-refractivity contribution in [3.05, 3.63) is 71.1 Å². The van der Waals surface area contributed by atoms with E-state index in [1.807, 2.05) is 10.5 Å². The van der Waals surface area contributed by atoms with Gasteiger partial charge in [0, 0.05) is 0 Å². The second-order valence-corrected chi connectivity index (χ2v) is 8.46. The zero-order valence-electron chi connectivity index (χ0n) is 16.0. The Kier molecular flexibility index (Phi) is 4.62. The lowest BCUT2D eigenvalue weighted by atomic mass is 9.75. The zero-order chi connectivity index (χ0) is 20.1. The van der Waals surface area contributed by atoms with Gasteiger partial charge in [0.2, 0.25) is 0 Å². The molecular weight excluding hydrogens is 377 g/mol. The molecule has 6 heteroatoms. The third kappa shape index (κ3) is 3.23. The molecule has 3 nitrogen and oxygen atoms in total. The van der Waals surface area contributed by atoms with Crippen LogP contribution in [0.4, 0.5) is 13.2 Å². The van der Waals surface area contributed by atoms with Gasteiger partial charge in [-0.1, -0.05) is 12.1 Å². The molecule has 2 saturated carbocycles. The predicted molar refractivity (Wildman–Crippen MR) is 103 cm³/mol. The van der Waals surface area contributed by atoms with E-state index >= 15 is 0 Å². The molecule has 0 spiro atoms. The first kappa shape index (κ1) is 18.7. The summed E-state index contributed by atoms with van der Waals surface area (Å²) in [6, 6.07) is 6.50. The summed E-state index contributed by atoms with van der Waals surface area (Å²) in [7, 11) is 0. The maximum Gasteiger partial charge on any atom is 0.194 e. The fourth-order valence-corrected chi connectivity index (χ4v) is 4.91. The van der Waals surface area contributed by atoms with Crippen LogP contribution < -0.4 is 0 Å². The van der Waals surface area contributed by atoms with Crippen molar-refractivity contribution in [2.75, 3.05) is 0 Å². The molecular formula is C23H23F3N2O. The maximum absolute atomic E-state index is 14.2. The number of aliphatic hydroxyl groups is 1. The van der Waals surface area contributed by atoms with Crippen LogP contribution in [0.15, 0.2) is 36.8 Å². The van der Waals surface area contributed by atoms with Gasteiger partial charge in [-0.15, -0.1) is 0 Å². The molecule has 0 saturated heterocycles. The van der Waals surface area contributed by atoms with E-state index in [1.165, 1.54) is 11.6 Å². The molecule has 5 rings (SSSR count). The highest BCUT2D eigenvalue weighted by Crippen LogP contribution is 2.47. The molecule has 2 aliphatic carbocycles. The van der Waals surface area contributed by atoms with Crippen LogP contribution in [0.5, 0.6) is 0 Å². The van der Waals surface area contributed by atoms with Gasteiger partial charge in [0.15, 0.2) is 17.5 Å². The van der Waals surface area contributed by atoms with Crippen molar-refractivity contribution in [3.8, 4) is 0 Å². The standard InChI is InChI=1S/C23H23F3N2O/c24-19-10-9-17(20(25)21(19)26)13-3-5-15(6-4-13)23(29)22-18(14-1-2-14)8-7-16-11-27-12-28(16)22/h7-15,23,29H,1-6H2/t13?,15?,23-/m1/s1. The van der Waals surface area contributed by atoms with Crippen molar-refractivity contribution in [2.24, 2.45) is 5.92 Å². The molecule has 29 heavy (non-hydrogen) atoms. The number of imidazole rings is 1. The molecule has 2 aromatic heterocycles. The van der Waals surface area contributed by atoms with Crippen LogP contribution in [-0.2, 0) is 0 Å². The molecule has 0 bridgehead atoms. The summed E-state index contributed by atoms with van der Waals surface area (Å²) >= 11 is 0. The molecule has 0 amide bonds. The Bertz CT molecular complexity index is 1050. The van der Waals surface area contributed by atoms with Gasteiger partial charge < -0.3 is 9.51 Å². The van der Waals surface area contributed by atoms with E-state index in [2.05, 4.69) is 11.1 Å². The number of benzene rings is 1. The largest absolute Gasteiger partial charge is 0.387 e. The number of fused-ring (bicyclic) bond motifs is 1. The van der Waals surface area contributed by atoms with Crippen LogP contribution in [0.3, 0.4) is 0 Å². The Labute approximate surface area is 167 Å². The summed E-state index contributed by atoms with van der Waals surface area (Å²) in [5, 5.41) is 11.3. The van der Waals surface area contributed by atoms with E-state index in [0.29, 0.717) is 31.6 Å². The second kappa shape index (κ2) is 7.17. The van der Waals surface area contributed by atoms with Gasteiger partial charge in [-0.3, -0.25) is 0 Å². The van der Waals surface area contributed by atoms with Gasteiger partial charge in [-0.2, -0.15) is 0 Å². The monoisotopic (exact) mass is 400 g/mol. The van der Waals surface area contributed by atoms with Crippen molar-refractivity contribution in [3.63, 3.8) is 0 Å². The Morgan fingerprint density at radius 3 is 2.24 bits per heavy atom. The average Bonchev–Trinajstić information content (AvgIpc) is 3.47. The van der Waals surface area contributed by atoms with Crippen molar-refractivity contribution in [1.29, 1.82) is 0 Å². The highest BCUT2D eigenvalue weighted by Gasteiger charge is 2.35. The smallest absolute Gasteiger partial charge is 0.194 e. The molecule has 1 N–H and O–H groups in total. The third-order valence-corrected chi connectivity index (χ3v) is 6.68. The van der Waals surface area contributed by atoms with E-state index < -0.39 is 23.6 Å². The molecule has 0 radical (unpaired) electrons. The number of aromatic nitrogens is 2. The van der Waals surface area contributed by atoms with Gasteiger partial charge in [0.1, 0.15) is 0 Å². The van der Waals surface area contributed by atoms with Crippen LogP contribution in [0.2, 0.25) is 0 Å². The lowest BCUT2D eigenvalue weighted by molar-refractivity contribution is 0.0751. The summed E-state index contributed by atoms with van der Waals surface area (Å²) < 4.78 is 43.0. The highest BCUT2D eigenvalue weighted by atomic mass is 19.2. The van der Waals surface area contributed by atoms with Crippen molar-refractivity contribution in [1.82, 2.24) is 9.38 Å². The Balaban J connectivity index is 1.38. The minimum absolute atomic E-state index is 0.0464. The third-order valence-electron chi connectivity index (χ3n) is 6.68. The fourth-order valence-electron chi connectivity index (χ4n) is 4.91. The van der Waals surface area contributed by atoms with Crippen LogP contribution in [0.1, 0.15) is 73.3 Å². The topological polar surface area (TPSA) is 37.5 Å². The molecule has 0 unspecified atom stereocenters. The fraction of sp³-hybridized carbons (Fsp3) is 0.435. The Morgan fingerprint density at radius 2 is 1.52 bits per heavy atom. The van der Waals surface area contributed by atoms with E-state index in [9.17, 15) is 18.3 Å². The van der Waals surface area contributed by atoms with Crippen LogP contribution in [0, 0.1) is 23.4 Å². The molecule has 1 atom stereocenters. The van der Waals surface area contributed by atoms with Gasteiger partial charge in [0.05, 0.1) is 29.8 Å². The SMILES string of the molecule is O[C@@H](c1c(C2CC2)ccc2cncn12)C1CCC(c2ccc(F)c(F)c2F)CC1. The summed E-state index contributed by atoms with van der Waals surface area (Å²) in [6.45, 7) is 0. The molecule has 152 valence electrons. The van der Waals surface area contributed by atoms with Gasteiger partial charge in [-0.25, -0.2) is 18.2 Å². The van der Waals surface area contributed by atoms with Crippen molar-refractivity contribution >= 4 is 5.52 Å². The zero-order valence-corrected chi connectivity index (χ0v) is 16.0. The number of hydrogen-bond donors (Lipinski definition) is 1. The highest BCUT2D eigenvalue weighted by molar-refractivity contribution is 5.50. The van der Waals surface area contributed by atoms with Crippen LogP contribution >= 0.6 is 0 Å². The quantitative estimate of drug-likeness (QED) is 0.576. The van der Waals surface area contributed by atoms with E-state index in [-0.39, 0.29) is 17.4 Å². The molecule has 2 fully saturated rings. The van der Waals surface area contributed by atoms with E-state index in [0.717, 1.165) is 30.1 Å². The van der Waals surface area contributed by atoms with Gasteiger partial charge in [0.25, 0.3) is 0 Å². The minimum Gasteiger partial charge on any atom is -0.387 e. The van der Waals surface area contributed by atoms with E-state index in [1.54, 1.807) is 12.5 Å². The Hall–Kier alpha value is -2.34. The van der Waals surface area contributed by atoms with Gasteiger partial charge in [-0.05, 0) is 79.5 Å². The Morgan fingerprint density at radius 1 is 0.862 bits per heavy atom. The molecule has 1 aromatic carbocycles. The number of hydrogen-bond acceptors (Lipinski definition) is 2. The lowest BCUT2D eigenvalue weighted by Crippen LogP contribution is -2.23. The van der Waals surface area contributed by atoms with Crippen LogP contribution in [-0.4, -0.2) is 14.5 Å². The second-order valence-electron chi connectivity index (χ2n) is 8.46. The number of aliphatic hydroxyl groups excluding tert-OH is 1. The van der Waals surface area contributed by atoms with Crippen LogP contribution in [0.25, 0.3) is 5.52 Å². The number of halogens is 3. The molecule has 2 aliphatic rings.